The molecule has 24 heavy (non-hydrogen) atoms. The van der Waals surface area contributed by atoms with Crippen LogP contribution in [0.25, 0.3) is 0 Å². The van der Waals surface area contributed by atoms with Crippen molar-refractivity contribution < 1.29 is 22.7 Å². The first-order chi connectivity index (χ1) is 11.3. The molecule has 0 saturated heterocycles. The fourth-order valence-corrected chi connectivity index (χ4v) is 4.05. The number of halogens is 3. The quantitative estimate of drug-likeness (QED) is 0.839. The Balaban J connectivity index is 1.69. The molecule has 0 spiro atoms. The van der Waals surface area contributed by atoms with Gasteiger partial charge in [0.2, 0.25) is 0 Å². The summed E-state index contributed by atoms with van der Waals surface area (Å²) in [6, 6.07) is 5.13. The normalized spacial score (nSPS) is 17.2. The average Bonchev–Trinajstić information content (AvgIpc) is 2.90. The maximum Gasteiger partial charge on any atom is 0.573 e. The SMILES string of the molecule is C[C@H]1CCc2c(C(=O)Nc3ccc(OC(F)(F)F)cc3)csc2C1. The summed E-state index contributed by atoms with van der Waals surface area (Å²) in [5.74, 6) is 0.0854. The first kappa shape index (κ1) is 16.8. The van der Waals surface area contributed by atoms with Crippen molar-refractivity contribution in [3.05, 3.63) is 45.6 Å². The van der Waals surface area contributed by atoms with Gasteiger partial charge in [-0.1, -0.05) is 6.92 Å². The van der Waals surface area contributed by atoms with E-state index in [1.54, 1.807) is 11.3 Å². The Morgan fingerprint density at radius 1 is 1.29 bits per heavy atom. The van der Waals surface area contributed by atoms with Crippen LogP contribution in [0.3, 0.4) is 0 Å². The van der Waals surface area contributed by atoms with Gasteiger partial charge in [0, 0.05) is 15.9 Å². The number of carbonyl (C=O) groups is 1. The Bertz CT molecular complexity index is 737. The Morgan fingerprint density at radius 2 is 2.00 bits per heavy atom. The van der Waals surface area contributed by atoms with Crippen molar-refractivity contribution in [3.8, 4) is 5.75 Å². The van der Waals surface area contributed by atoms with Gasteiger partial charge >= 0.3 is 6.36 Å². The van der Waals surface area contributed by atoms with Gasteiger partial charge in [0.15, 0.2) is 0 Å². The predicted molar refractivity (Wildman–Crippen MR) is 86.6 cm³/mol. The van der Waals surface area contributed by atoms with Gasteiger partial charge in [-0.15, -0.1) is 24.5 Å². The topological polar surface area (TPSA) is 38.3 Å². The number of hydrogen-bond donors (Lipinski definition) is 1. The Morgan fingerprint density at radius 3 is 2.67 bits per heavy atom. The number of rotatable bonds is 3. The van der Waals surface area contributed by atoms with E-state index in [0.717, 1.165) is 24.8 Å². The molecule has 0 bridgehead atoms. The van der Waals surface area contributed by atoms with Crippen molar-refractivity contribution in [3.63, 3.8) is 0 Å². The largest absolute Gasteiger partial charge is 0.573 e. The number of hydrogen-bond acceptors (Lipinski definition) is 3. The number of nitrogens with one attached hydrogen (secondary N) is 1. The number of alkyl halides is 3. The highest BCUT2D eigenvalue weighted by Gasteiger charge is 2.31. The minimum absolute atomic E-state index is 0.230. The number of ether oxygens (including phenoxy) is 1. The highest BCUT2D eigenvalue weighted by atomic mass is 32.1. The minimum atomic E-state index is -4.72. The van der Waals surface area contributed by atoms with Crippen LogP contribution in [0.1, 0.15) is 34.1 Å². The van der Waals surface area contributed by atoms with Crippen molar-refractivity contribution in [1.29, 1.82) is 0 Å². The zero-order valence-corrected chi connectivity index (χ0v) is 13.8. The van der Waals surface area contributed by atoms with E-state index in [4.69, 9.17) is 0 Å². The number of amides is 1. The monoisotopic (exact) mass is 355 g/mol. The molecule has 1 heterocycles. The number of anilines is 1. The molecule has 1 aromatic carbocycles. The van der Waals surface area contributed by atoms with Crippen molar-refractivity contribution in [1.82, 2.24) is 0 Å². The fraction of sp³-hybridized carbons (Fsp3) is 0.353. The van der Waals surface area contributed by atoms with E-state index >= 15 is 0 Å². The zero-order chi connectivity index (χ0) is 17.3. The summed E-state index contributed by atoms with van der Waals surface area (Å²) in [5.41, 5.74) is 2.20. The van der Waals surface area contributed by atoms with Crippen LogP contribution in [0.15, 0.2) is 29.6 Å². The second-order valence-corrected chi connectivity index (χ2v) is 6.89. The van der Waals surface area contributed by atoms with Gasteiger partial charge < -0.3 is 10.1 Å². The van der Waals surface area contributed by atoms with E-state index in [0.29, 0.717) is 17.2 Å². The summed E-state index contributed by atoms with van der Waals surface area (Å²) in [7, 11) is 0. The molecule has 7 heteroatoms. The Kier molecular flexibility index (Phi) is 4.54. The van der Waals surface area contributed by atoms with E-state index in [1.165, 1.54) is 29.1 Å². The van der Waals surface area contributed by atoms with E-state index in [2.05, 4.69) is 17.0 Å². The molecule has 1 amide bonds. The van der Waals surface area contributed by atoms with Gasteiger partial charge in [0.1, 0.15) is 5.75 Å². The summed E-state index contributed by atoms with van der Waals surface area (Å²) >= 11 is 1.60. The van der Waals surface area contributed by atoms with E-state index in [9.17, 15) is 18.0 Å². The van der Waals surface area contributed by atoms with Gasteiger partial charge in [0.05, 0.1) is 5.56 Å². The third kappa shape index (κ3) is 3.90. The van der Waals surface area contributed by atoms with Crippen LogP contribution in [-0.4, -0.2) is 12.3 Å². The zero-order valence-electron chi connectivity index (χ0n) is 12.9. The van der Waals surface area contributed by atoms with Crippen LogP contribution in [-0.2, 0) is 12.8 Å². The molecule has 128 valence electrons. The fourth-order valence-electron chi connectivity index (χ4n) is 2.81. The van der Waals surface area contributed by atoms with Crippen LogP contribution >= 0.6 is 11.3 Å². The van der Waals surface area contributed by atoms with E-state index < -0.39 is 6.36 Å². The lowest BCUT2D eigenvalue weighted by Gasteiger charge is -2.18. The highest BCUT2D eigenvalue weighted by Crippen LogP contribution is 2.33. The summed E-state index contributed by atoms with van der Waals surface area (Å²) in [5, 5.41) is 4.59. The second-order valence-electron chi connectivity index (χ2n) is 5.93. The van der Waals surface area contributed by atoms with Gasteiger partial charge in [0.25, 0.3) is 5.91 Å². The molecule has 0 fully saturated rings. The molecule has 1 atom stereocenters. The van der Waals surface area contributed by atoms with Crippen molar-refractivity contribution in [2.75, 3.05) is 5.32 Å². The molecule has 1 aliphatic carbocycles. The molecular weight excluding hydrogens is 339 g/mol. The lowest BCUT2D eigenvalue weighted by Crippen LogP contribution is -2.17. The maximum absolute atomic E-state index is 12.4. The molecule has 0 radical (unpaired) electrons. The second kappa shape index (κ2) is 6.47. The summed E-state index contributed by atoms with van der Waals surface area (Å²) in [6.07, 6.45) is -1.77. The van der Waals surface area contributed by atoms with E-state index in [-0.39, 0.29) is 11.7 Å². The summed E-state index contributed by atoms with van der Waals surface area (Å²) in [4.78, 5) is 13.7. The lowest BCUT2D eigenvalue weighted by atomic mass is 9.88. The minimum Gasteiger partial charge on any atom is -0.406 e. The van der Waals surface area contributed by atoms with Gasteiger partial charge in [-0.05, 0) is 55.0 Å². The van der Waals surface area contributed by atoms with Crippen LogP contribution in [0.5, 0.6) is 5.75 Å². The molecule has 1 N–H and O–H groups in total. The van der Waals surface area contributed by atoms with Crippen LogP contribution in [0.4, 0.5) is 18.9 Å². The lowest BCUT2D eigenvalue weighted by molar-refractivity contribution is -0.274. The first-order valence-corrected chi connectivity index (χ1v) is 8.46. The molecular formula is C17H16F3NO2S. The Hall–Kier alpha value is -2.02. The number of fused-ring (bicyclic) bond motifs is 1. The molecule has 3 nitrogen and oxygen atoms in total. The standard InChI is InChI=1S/C17H16F3NO2S/c1-10-2-7-13-14(9-24-15(13)8-10)16(22)21-11-3-5-12(6-4-11)23-17(18,19)20/h3-6,9-10H,2,7-8H2,1H3,(H,21,22)/t10-/m0/s1. The number of carbonyl (C=O) groups excluding carboxylic acids is 1. The first-order valence-electron chi connectivity index (χ1n) is 7.58. The highest BCUT2D eigenvalue weighted by molar-refractivity contribution is 7.10. The molecule has 3 rings (SSSR count). The summed E-state index contributed by atoms with van der Waals surface area (Å²) < 4.78 is 40.2. The molecule has 0 aliphatic heterocycles. The third-order valence-electron chi connectivity index (χ3n) is 3.99. The number of thiophene rings is 1. The molecule has 1 aliphatic rings. The van der Waals surface area contributed by atoms with Crippen molar-refractivity contribution >= 4 is 22.9 Å². The van der Waals surface area contributed by atoms with Crippen LogP contribution in [0, 0.1) is 5.92 Å². The number of benzene rings is 1. The molecule has 2 aromatic rings. The summed E-state index contributed by atoms with van der Waals surface area (Å²) in [6.45, 7) is 2.20. The van der Waals surface area contributed by atoms with Crippen molar-refractivity contribution in [2.45, 2.75) is 32.5 Å². The van der Waals surface area contributed by atoms with Gasteiger partial charge in [-0.25, -0.2) is 0 Å². The van der Waals surface area contributed by atoms with Crippen molar-refractivity contribution in [2.24, 2.45) is 5.92 Å². The van der Waals surface area contributed by atoms with Crippen LogP contribution in [0.2, 0.25) is 0 Å². The average molecular weight is 355 g/mol. The van der Waals surface area contributed by atoms with Gasteiger partial charge in [-0.2, -0.15) is 0 Å². The molecule has 0 unspecified atom stereocenters. The Labute approximate surface area is 141 Å². The predicted octanol–water partition coefficient (Wildman–Crippen LogP) is 5.02. The molecule has 0 saturated carbocycles. The van der Waals surface area contributed by atoms with Gasteiger partial charge in [-0.3, -0.25) is 4.79 Å². The smallest absolute Gasteiger partial charge is 0.406 e. The maximum atomic E-state index is 12.4. The molecule has 1 aromatic heterocycles. The van der Waals surface area contributed by atoms with Crippen LogP contribution < -0.4 is 10.1 Å². The van der Waals surface area contributed by atoms with E-state index in [1.807, 2.05) is 5.38 Å². The third-order valence-corrected chi connectivity index (χ3v) is 5.04.